The summed E-state index contributed by atoms with van der Waals surface area (Å²) in [7, 11) is 0.0740. The van der Waals surface area contributed by atoms with Crippen LogP contribution in [0.4, 0.5) is 11.4 Å². The average molecular weight is 470 g/mol. The molecule has 0 bridgehead atoms. The Morgan fingerprint density at radius 3 is 2.61 bits per heavy atom. The molecule has 0 fully saturated rings. The quantitative estimate of drug-likeness (QED) is 0.635. The molecule has 1 aliphatic rings. The van der Waals surface area contributed by atoms with Gasteiger partial charge in [-0.1, -0.05) is 11.6 Å². The summed E-state index contributed by atoms with van der Waals surface area (Å²) in [6.07, 6.45) is 0. The molecular weight excluding hydrogens is 450 g/mol. The van der Waals surface area contributed by atoms with Gasteiger partial charge in [0.05, 0.1) is 31.5 Å². The largest absolute Gasteiger partial charge is 0.493 e. The van der Waals surface area contributed by atoms with Crippen molar-refractivity contribution >= 4 is 44.8 Å². The Labute approximate surface area is 184 Å². The van der Waals surface area contributed by atoms with Gasteiger partial charge in [0.15, 0.2) is 18.1 Å². The number of amides is 2. The molecule has 2 aromatic rings. The van der Waals surface area contributed by atoms with E-state index in [0.717, 1.165) is 4.31 Å². The van der Waals surface area contributed by atoms with E-state index in [-0.39, 0.29) is 33.9 Å². The van der Waals surface area contributed by atoms with Gasteiger partial charge in [-0.2, -0.15) is 4.31 Å². The lowest BCUT2D eigenvalue weighted by Gasteiger charge is -2.22. The molecule has 12 heteroatoms. The minimum absolute atomic E-state index is 0.114. The number of carbonyl (C=O) groups excluding carboxylic acids is 2. The van der Waals surface area contributed by atoms with Crippen LogP contribution >= 0.6 is 11.6 Å². The van der Waals surface area contributed by atoms with Crippen molar-refractivity contribution in [3.8, 4) is 17.2 Å². The van der Waals surface area contributed by atoms with Crippen molar-refractivity contribution < 1.29 is 32.2 Å². The number of benzene rings is 2. The second-order valence-corrected chi connectivity index (χ2v) is 8.92. The molecule has 0 aromatic heterocycles. The molecule has 166 valence electrons. The first-order valence-electron chi connectivity index (χ1n) is 8.90. The van der Waals surface area contributed by atoms with Crippen molar-refractivity contribution in [3.63, 3.8) is 0 Å². The highest BCUT2D eigenvalue weighted by atomic mass is 35.5. The second-order valence-electron chi connectivity index (χ2n) is 6.49. The maximum atomic E-state index is 13.0. The van der Waals surface area contributed by atoms with Crippen LogP contribution in [0.3, 0.4) is 0 Å². The maximum absolute atomic E-state index is 13.0. The molecule has 0 saturated carbocycles. The summed E-state index contributed by atoms with van der Waals surface area (Å²) in [6.45, 7) is -0.709. The molecule has 3 rings (SSSR count). The molecule has 2 amide bonds. The van der Waals surface area contributed by atoms with Gasteiger partial charge in [-0.3, -0.25) is 9.59 Å². The first-order valence-corrected chi connectivity index (χ1v) is 10.7. The third-order valence-electron chi connectivity index (χ3n) is 4.39. The number of carbonyl (C=O) groups is 2. The zero-order chi connectivity index (χ0) is 22.8. The predicted molar refractivity (Wildman–Crippen MR) is 114 cm³/mol. The van der Waals surface area contributed by atoms with Crippen molar-refractivity contribution in [3.05, 3.63) is 35.4 Å². The summed E-state index contributed by atoms with van der Waals surface area (Å²) in [5, 5.41) is 5.04. The fraction of sp³-hybridized carbons (Fsp3) is 0.263. The maximum Gasteiger partial charge on any atom is 0.262 e. The van der Waals surface area contributed by atoms with E-state index in [0.29, 0.717) is 17.2 Å². The summed E-state index contributed by atoms with van der Waals surface area (Å²) in [5.41, 5.74) is 0.679. The molecule has 1 aliphatic heterocycles. The normalized spacial score (nSPS) is 13.1. The van der Waals surface area contributed by atoms with Gasteiger partial charge in [-0.05, 0) is 18.2 Å². The molecule has 10 nitrogen and oxygen atoms in total. The summed E-state index contributed by atoms with van der Waals surface area (Å²) >= 11 is 6.13. The van der Waals surface area contributed by atoms with E-state index in [4.69, 9.17) is 25.8 Å². The Bertz CT molecular complexity index is 1140. The van der Waals surface area contributed by atoms with Crippen LogP contribution in [-0.2, 0) is 19.6 Å². The van der Waals surface area contributed by atoms with Gasteiger partial charge in [0.25, 0.3) is 5.91 Å². The van der Waals surface area contributed by atoms with E-state index in [1.807, 2.05) is 0 Å². The number of ether oxygens (including phenoxy) is 3. The predicted octanol–water partition coefficient (Wildman–Crippen LogP) is 1.95. The molecule has 31 heavy (non-hydrogen) atoms. The number of fused-ring (bicyclic) bond motifs is 1. The van der Waals surface area contributed by atoms with Crippen molar-refractivity contribution in [1.29, 1.82) is 0 Å². The van der Waals surface area contributed by atoms with Crippen LogP contribution in [0.25, 0.3) is 0 Å². The number of rotatable bonds is 7. The Morgan fingerprint density at radius 2 is 1.94 bits per heavy atom. The minimum atomic E-state index is -4.12. The van der Waals surface area contributed by atoms with Gasteiger partial charge in [0.2, 0.25) is 15.9 Å². The standard InChI is InChI=1S/C19H20ClN3O7S/c1-23(9-18(24)21-11-4-5-14(28-2)16(6-11)29-3)31(26,27)17-8-15-13(7-12(17)20)22-19(25)10-30-15/h4-8H,9-10H2,1-3H3,(H,21,24)(H,22,25). The van der Waals surface area contributed by atoms with E-state index >= 15 is 0 Å². The van der Waals surface area contributed by atoms with Crippen LogP contribution in [0, 0.1) is 0 Å². The molecule has 0 atom stereocenters. The number of halogens is 1. The highest BCUT2D eigenvalue weighted by molar-refractivity contribution is 7.89. The van der Waals surface area contributed by atoms with Gasteiger partial charge >= 0.3 is 0 Å². The molecule has 0 aliphatic carbocycles. The molecule has 1 heterocycles. The van der Waals surface area contributed by atoms with Crippen LogP contribution < -0.4 is 24.8 Å². The van der Waals surface area contributed by atoms with E-state index in [9.17, 15) is 18.0 Å². The van der Waals surface area contributed by atoms with Crippen molar-refractivity contribution in [1.82, 2.24) is 4.31 Å². The third-order valence-corrected chi connectivity index (χ3v) is 6.66. The number of sulfonamides is 1. The fourth-order valence-electron chi connectivity index (χ4n) is 2.85. The Balaban J connectivity index is 1.76. The molecule has 0 radical (unpaired) electrons. The fourth-order valence-corrected chi connectivity index (χ4v) is 4.49. The lowest BCUT2D eigenvalue weighted by atomic mass is 10.2. The lowest BCUT2D eigenvalue weighted by Crippen LogP contribution is -2.35. The number of likely N-dealkylation sites (N-methyl/N-ethyl adjacent to an activating group) is 1. The van der Waals surface area contributed by atoms with E-state index in [2.05, 4.69) is 10.6 Å². The zero-order valence-corrected chi connectivity index (χ0v) is 18.5. The molecular formula is C19H20ClN3O7S. The van der Waals surface area contributed by atoms with Crippen molar-refractivity contribution in [2.24, 2.45) is 0 Å². The van der Waals surface area contributed by atoms with Crippen LogP contribution in [0.5, 0.6) is 17.2 Å². The highest BCUT2D eigenvalue weighted by Crippen LogP contribution is 2.36. The van der Waals surface area contributed by atoms with Gasteiger partial charge < -0.3 is 24.8 Å². The average Bonchev–Trinajstić information content (AvgIpc) is 2.72. The number of hydrogen-bond acceptors (Lipinski definition) is 7. The molecule has 0 spiro atoms. The Hall–Kier alpha value is -3.02. The number of methoxy groups -OCH3 is 2. The van der Waals surface area contributed by atoms with E-state index < -0.39 is 22.5 Å². The van der Waals surface area contributed by atoms with Gasteiger partial charge in [-0.15, -0.1) is 0 Å². The molecule has 2 aromatic carbocycles. The summed E-state index contributed by atoms with van der Waals surface area (Å²) in [4.78, 5) is 23.6. The van der Waals surface area contributed by atoms with Crippen molar-refractivity contribution in [2.45, 2.75) is 4.90 Å². The van der Waals surface area contributed by atoms with Gasteiger partial charge in [0, 0.05) is 24.9 Å². The Morgan fingerprint density at radius 1 is 1.23 bits per heavy atom. The summed E-state index contributed by atoms with van der Waals surface area (Å²) in [5.74, 6) is 0.125. The zero-order valence-electron chi connectivity index (χ0n) is 16.9. The SMILES string of the molecule is COc1ccc(NC(=O)CN(C)S(=O)(=O)c2cc3c(cc2Cl)NC(=O)CO3)cc1OC. The summed E-state index contributed by atoms with van der Waals surface area (Å²) in [6, 6.07) is 7.27. The number of nitrogens with one attached hydrogen (secondary N) is 2. The minimum Gasteiger partial charge on any atom is -0.493 e. The highest BCUT2D eigenvalue weighted by Gasteiger charge is 2.29. The second kappa shape index (κ2) is 9.00. The number of anilines is 2. The van der Waals surface area contributed by atoms with Crippen LogP contribution in [0.1, 0.15) is 0 Å². The smallest absolute Gasteiger partial charge is 0.262 e. The first-order chi connectivity index (χ1) is 14.6. The Kier molecular flexibility index (Phi) is 6.58. The number of nitrogens with zero attached hydrogens (tertiary/aromatic N) is 1. The monoisotopic (exact) mass is 469 g/mol. The van der Waals surface area contributed by atoms with Crippen molar-refractivity contribution in [2.75, 3.05) is 45.1 Å². The molecule has 0 unspecified atom stereocenters. The van der Waals surface area contributed by atoms with Crippen LogP contribution in [0.15, 0.2) is 35.2 Å². The molecule has 0 saturated heterocycles. The molecule has 2 N–H and O–H groups in total. The van der Waals surface area contributed by atoms with Crippen LogP contribution in [0.2, 0.25) is 5.02 Å². The third kappa shape index (κ3) is 4.84. The number of hydrogen-bond donors (Lipinski definition) is 2. The first kappa shape index (κ1) is 22.7. The lowest BCUT2D eigenvalue weighted by molar-refractivity contribution is -0.118. The summed E-state index contributed by atoms with van der Waals surface area (Å²) < 4.78 is 42.3. The van der Waals surface area contributed by atoms with E-state index in [1.165, 1.54) is 33.4 Å². The van der Waals surface area contributed by atoms with Crippen LogP contribution in [-0.4, -0.2) is 59.0 Å². The topological polar surface area (TPSA) is 123 Å². The van der Waals surface area contributed by atoms with Gasteiger partial charge in [-0.25, -0.2) is 8.42 Å². The van der Waals surface area contributed by atoms with E-state index in [1.54, 1.807) is 18.2 Å². The van der Waals surface area contributed by atoms with Gasteiger partial charge in [0.1, 0.15) is 10.6 Å².